The Morgan fingerprint density at radius 3 is 3.00 bits per heavy atom. The molecule has 0 spiro atoms. The number of anilines is 1. The Hall–Kier alpha value is -1.57. The highest BCUT2D eigenvalue weighted by Crippen LogP contribution is 2.11. The Balaban J connectivity index is 1.69. The smallest absolute Gasteiger partial charge is 0.319 e. The summed E-state index contributed by atoms with van der Waals surface area (Å²) in [4.78, 5) is 15.9. The van der Waals surface area contributed by atoms with Crippen LogP contribution in [0.3, 0.4) is 0 Å². The standard InChI is InChI=1S/C14H17IN4O/c1-11-16-7-9-19(11)8-3-6-17-14(20)18-13-5-2-4-12(15)10-13/h2,4-5,7,9-10H,3,6,8H2,1H3,(H2,17,18,20). The number of hydrogen-bond donors (Lipinski definition) is 2. The molecule has 106 valence electrons. The van der Waals surface area contributed by atoms with Crippen LogP contribution in [-0.4, -0.2) is 22.1 Å². The maximum atomic E-state index is 11.7. The molecule has 1 aromatic carbocycles. The van der Waals surface area contributed by atoms with E-state index < -0.39 is 0 Å². The molecule has 0 atom stereocenters. The fraction of sp³-hybridized carbons (Fsp3) is 0.286. The second kappa shape index (κ2) is 7.28. The summed E-state index contributed by atoms with van der Waals surface area (Å²) in [5.74, 6) is 0.994. The summed E-state index contributed by atoms with van der Waals surface area (Å²) < 4.78 is 3.16. The Kier molecular flexibility index (Phi) is 5.40. The highest BCUT2D eigenvalue weighted by Gasteiger charge is 2.02. The van der Waals surface area contributed by atoms with Crippen molar-refractivity contribution in [3.05, 3.63) is 46.1 Å². The second-order valence-corrected chi connectivity index (χ2v) is 5.66. The van der Waals surface area contributed by atoms with Crippen LogP contribution in [0.15, 0.2) is 36.7 Å². The van der Waals surface area contributed by atoms with Crippen LogP contribution in [-0.2, 0) is 6.54 Å². The second-order valence-electron chi connectivity index (χ2n) is 4.41. The average molecular weight is 384 g/mol. The van der Waals surface area contributed by atoms with Gasteiger partial charge >= 0.3 is 6.03 Å². The van der Waals surface area contributed by atoms with Gasteiger partial charge in [-0.3, -0.25) is 0 Å². The average Bonchev–Trinajstić information content (AvgIpc) is 2.80. The van der Waals surface area contributed by atoms with Crippen molar-refractivity contribution >= 4 is 34.3 Å². The van der Waals surface area contributed by atoms with Crippen LogP contribution in [0.1, 0.15) is 12.2 Å². The van der Waals surface area contributed by atoms with E-state index in [1.54, 1.807) is 6.20 Å². The van der Waals surface area contributed by atoms with Gasteiger partial charge in [0.2, 0.25) is 0 Å². The van der Waals surface area contributed by atoms with Gasteiger partial charge in [-0.05, 0) is 54.1 Å². The molecule has 0 aliphatic heterocycles. The number of imidazole rings is 1. The van der Waals surface area contributed by atoms with E-state index in [-0.39, 0.29) is 6.03 Å². The van der Waals surface area contributed by atoms with E-state index in [0.29, 0.717) is 6.54 Å². The number of benzene rings is 1. The van der Waals surface area contributed by atoms with Gasteiger partial charge in [0, 0.05) is 34.7 Å². The number of aromatic nitrogens is 2. The van der Waals surface area contributed by atoms with Gasteiger partial charge in [-0.25, -0.2) is 9.78 Å². The van der Waals surface area contributed by atoms with Crippen molar-refractivity contribution in [2.45, 2.75) is 19.9 Å². The number of carbonyl (C=O) groups excluding carboxylic acids is 1. The zero-order chi connectivity index (χ0) is 14.4. The van der Waals surface area contributed by atoms with Gasteiger partial charge in [0.25, 0.3) is 0 Å². The van der Waals surface area contributed by atoms with Gasteiger partial charge in [0.1, 0.15) is 5.82 Å². The van der Waals surface area contributed by atoms with Crippen molar-refractivity contribution in [3.63, 3.8) is 0 Å². The molecule has 0 aliphatic rings. The molecule has 20 heavy (non-hydrogen) atoms. The number of carbonyl (C=O) groups is 1. The number of rotatable bonds is 5. The Morgan fingerprint density at radius 2 is 2.30 bits per heavy atom. The predicted octanol–water partition coefficient (Wildman–Crippen LogP) is 3.01. The van der Waals surface area contributed by atoms with Gasteiger partial charge in [-0.1, -0.05) is 6.07 Å². The minimum absolute atomic E-state index is 0.172. The maximum Gasteiger partial charge on any atom is 0.319 e. The molecule has 0 radical (unpaired) electrons. The summed E-state index contributed by atoms with van der Waals surface area (Å²) in [7, 11) is 0. The summed E-state index contributed by atoms with van der Waals surface area (Å²) in [5, 5.41) is 5.66. The van der Waals surface area contributed by atoms with Crippen molar-refractivity contribution in [1.82, 2.24) is 14.9 Å². The summed E-state index contributed by atoms with van der Waals surface area (Å²) in [6.45, 7) is 3.46. The number of urea groups is 1. The van der Waals surface area contributed by atoms with Crippen molar-refractivity contribution in [2.75, 3.05) is 11.9 Å². The first-order valence-corrected chi connectivity index (χ1v) is 7.51. The molecule has 0 aliphatic carbocycles. The Labute approximate surface area is 131 Å². The summed E-state index contributed by atoms with van der Waals surface area (Å²) in [5.41, 5.74) is 0.805. The Bertz CT molecular complexity index is 582. The van der Waals surface area contributed by atoms with Crippen molar-refractivity contribution in [2.24, 2.45) is 0 Å². The first-order chi connectivity index (χ1) is 9.65. The van der Waals surface area contributed by atoms with Gasteiger partial charge < -0.3 is 15.2 Å². The minimum Gasteiger partial charge on any atom is -0.338 e. The third-order valence-electron chi connectivity index (χ3n) is 2.87. The topological polar surface area (TPSA) is 59.0 Å². The van der Waals surface area contributed by atoms with E-state index in [9.17, 15) is 4.79 Å². The highest BCUT2D eigenvalue weighted by atomic mass is 127. The lowest BCUT2D eigenvalue weighted by molar-refractivity contribution is 0.252. The number of nitrogens with one attached hydrogen (secondary N) is 2. The zero-order valence-electron chi connectivity index (χ0n) is 11.3. The normalized spacial score (nSPS) is 10.3. The number of halogens is 1. The molecule has 0 saturated carbocycles. The highest BCUT2D eigenvalue weighted by molar-refractivity contribution is 14.1. The van der Waals surface area contributed by atoms with Crippen LogP contribution >= 0.6 is 22.6 Å². The molecule has 5 nitrogen and oxygen atoms in total. The van der Waals surface area contributed by atoms with E-state index in [4.69, 9.17) is 0 Å². The molecule has 2 N–H and O–H groups in total. The molecular weight excluding hydrogens is 367 g/mol. The molecular formula is C14H17IN4O. The van der Waals surface area contributed by atoms with Crippen LogP contribution in [0.4, 0.5) is 10.5 Å². The number of amides is 2. The van der Waals surface area contributed by atoms with E-state index >= 15 is 0 Å². The van der Waals surface area contributed by atoms with E-state index in [1.165, 1.54) is 0 Å². The fourth-order valence-electron chi connectivity index (χ4n) is 1.83. The lowest BCUT2D eigenvalue weighted by atomic mass is 10.3. The fourth-order valence-corrected chi connectivity index (χ4v) is 2.38. The largest absolute Gasteiger partial charge is 0.338 e. The summed E-state index contributed by atoms with van der Waals surface area (Å²) in [6.07, 6.45) is 4.60. The predicted molar refractivity (Wildman–Crippen MR) is 87.8 cm³/mol. The van der Waals surface area contributed by atoms with Crippen molar-refractivity contribution in [3.8, 4) is 0 Å². The molecule has 1 heterocycles. The van der Waals surface area contributed by atoms with Crippen molar-refractivity contribution in [1.29, 1.82) is 0 Å². The van der Waals surface area contributed by atoms with Crippen LogP contribution < -0.4 is 10.6 Å². The third kappa shape index (κ3) is 4.52. The first-order valence-electron chi connectivity index (χ1n) is 6.43. The van der Waals surface area contributed by atoms with Gasteiger partial charge in [0.05, 0.1) is 0 Å². The summed E-state index contributed by atoms with van der Waals surface area (Å²) >= 11 is 2.22. The summed E-state index contributed by atoms with van der Waals surface area (Å²) in [6, 6.07) is 7.52. The Morgan fingerprint density at radius 1 is 1.45 bits per heavy atom. The number of aryl methyl sites for hydroxylation is 2. The van der Waals surface area contributed by atoms with E-state index in [0.717, 1.165) is 28.0 Å². The zero-order valence-corrected chi connectivity index (χ0v) is 13.4. The van der Waals surface area contributed by atoms with Crippen LogP contribution in [0.25, 0.3) is 0 Å². The SMILES string of the molecule is Cc1nccn1CCCNC(=O)Nc1cccc(I)c1. The van der Waals surface area contributed by atoms with Gasteiger partial charge in [-0.15, -0.1) is 0 Å². The van der Waals surface area contributed by atoms with Crippen molar-refractivity contribution < 1.29 is 4.79 Å². The molecule has 2 amide bonds. The molecule has 0 unspecified atom stereocenters. The van der Waals surface area contributed by atoms with E-state index in [1.807, 2.05) is 37.4 Å². The molecule has 0 saturated heterocycles. The van der Waals surface area contributed by atoms with E-state index in [2.05, 4.69) is 42.8 Å². The molecule has 1 aromatic heterocycles. The number of hydrogen-bond acceptors (Lipinski definition) is 2. The minimum atomic E-state index is -0.172. The maximum absolute atomic E-state index is 11.7. The lowest BCUT2D eigenvalue weighted by Gasteiger charge is -2.08. The molecule has 2 aromatic rings. The van der Waals surface area contributed by atoms with Gasteiger partial charge in [0.15, 0.2) is 0 Å². The van der Waals surface area contributed by atoms with Crippen LogP contribution in [0, 0.1) is 10.5 Å². The first kappa shape index (κ1) is 14.8. The third-order valence-corrected chi connectivity index (χ3v) is 3.54. The molecule has 0 bridgehead atoms. The molecule has 0 fully saturated rings. The van der Waals surface area contributed by atoms with Crippen LogP contribution in [0.5, 0.6) is 0 Å². The monoisotopic (exact) mass is 384 g/mol. The number of nitrogens with zero attached hydrogens (tertiary/aromatic N) is 2. The quantitative estimate of drug-likeness (QED) is 0.615. The lowest BCUT2D eigenvalue weighted by Crippen LogP contribution is -2.30. The van der Waals surface area contributed by atoms with Gasteiger partial charge in [-0.2, -0.15) is 0 Å². The molecule has 2 rings (SSSR count). The molecule has 6 heteroatoms. The van der Waals surface area contributed by atoms with Crippen LogP contribution in [0.2, 0.25) is 0 Å².